The minimum Gasteiger partial charge on any atom is -0.337 e. The molecule has 2 N–H and O–H groups in total. The molecule has 144 valence electrons. The number of rotatable bonds is 9. The third-order valence-corrected chi connectivity index (χ3v) is 4.44. The molecule has 0 fully saturated rings. The van der Waals surface area contributed by atoms with Gasteiger partial charge in [-0.15, -0.1) is 0 Å². The van der Waals surface area contributed by atoms with Crippen LogP contribution in [0, 0.1) is 0 Å². The highest BCUT2D eigenvalue weighted by atomic mass is 16.2. The van der Waals surface area contributed by atoms with Crippen molar-refractivity contribution >= 4 is 11.9 Å². The van der Waals surface area contributed by atoms with E-state index in [9.17, 15) is 9.59 Å². The van der Waals surface area contributed by atoms with Gasteiger partial charge in [-0.2, -0.15) is 0 Å². The summed E-state index contributed by atoms with van der Waals surface area (Å²) < 4.78 is 0. The first-order valence-electron chi connectivity index (χ1n) is 9.48. The highest BCUT2D eigenvalue weighted by molar-refractivity contribution is 5.84. The fraction of sp³-hybridized carbons (Fsp3) is 0.364. The number of aryl methyl sites for hydroxylation is 1. The zero-order valence-corrected chi connectivity index (χ0v) is 16.2. The lowest BCUT2D eigenvalue weighted by Crippen LogP contribution is -2.46. The molecule has 2 aromatic rings. The van der Waals surface area contributed by atoms with Crippen LogP contribution in [0.4, 0.5) is 4.79 Å². The molecule has 0 saturated carbocycles. The zero-order chi connectivity index (χ0) is 19.5. The van der Waals surface area contributed by atoms with Gasteiger partial charge < -0.3 is 15.5 Å². The number of urea groups is 1. The summed E-state index contributed by atoms with van der Waals surface area (Å²) in [5.41, 5.74) is 2.33. The van der Waals surface area contributed by atoms with E-state index in [1.807, 2.05) is 62.4 Å². The smallest absolute Gasteiger partial charge is 0.315 e. The normalized spacial score (nSPS) is 11.5. The Bertz CT molecular complexity index is 704. The number of likely N-dealkylation sites (N-methyl/N-ethyl adjacent to an activating group) is 1. The van der Waals surface area contributed by atoms with Gasteiger partial charge >= 0.3 is 6.03 Å². The molecule has 1 unspecified atom stereocenters. The van der Waals surface area contributed by atoms with E-state index in [2.05, 4.69) is 22.8 Å². The Labute approximate surface area is 161 Å². The van der Waals surface area contributed by atoms with Gasteiger partial charge in [0, 0.05) is 19.1 Å². The van der Waals surface area contributed by atoms with E-state index in [0.717, 1.165) is 18.4 Å². The lowest BCUT2D eigenvalue weighted by molar-refractivity contribution is -0.130. The quantitative estimate of drug-likeness (QED) is 0.714. The van der Waals surface area contributed by atoms with Gasteiger partial charge in [0.2, 0.25) is 5.91 Å². The van der Waals surface area contributed by atoms with Crippen molar-refractivity contribution in [3.8, 4) is 0 Å². The summed E-state index contributed by atoms with van der Waals surface area (Å²) in [6, 6.07) is 19.8. The second-order valence-corrected chi connectivity index (χ2v) is 6.65. The molecular formula is C22H29N3O2. The van der Waals surface area contributed by atoms with Gasteiger partial charge in [0.1, 0.15) is 0 Å². The third kappa shape index (κ3) is 7.52. The lowest BCUT2D eigenvalue weighted by atomic mass is 10.1. The molecule has 2 aromatic carbocycles. The summed E-state index contributed by atoms with van der Waals surface area (Å²) in [7, 11) is 0. The number of carbonyl (C=O) groups excluding carboxylic acids is 2. The van der Waals surface area contributed by atoms with E-state index < -0.39 is 0 Å². The monoisotopic (exact) mass is 367 g/mol. The molecule has 5 heteroatoms. The number of nitrogens with zero attached hydrogens (tertiary/aromatic N) is 1. The molecule has 5 nitrogen and oxygen atoms in total. The Hall–Kier alpha value is -2.82. The standard InChI is InChI=1S/C22H29N3O2/c1-3-25(17-20-12-8-5-9-13-20)21(26)16-23-22(27)24-18(2)14-15-19-10-6-4-7-11-19/h4-13,18H,3,14-17H2,1-2H3,(H2,23,24,27). The van der Waals surface area contributed by atoms with E-state index in [4.69, 9.17) is 0 Å². The molecule has 1 atom stereocenters. The number of amides is 3. The van der Waals surface area contributed by atoms with Crippen LogP contribution in [0.2, 0.25) is 0 Å². The summed E-state index contributed by atoms with van der Waals surface area (Å²) in [6.45, 7) is 5.06. The number of nitrogens with one attached hydrogen (secondary N) is 2. The van der Waals surface area contributed by atoms with Gasteiger partial charge in [-0.3, -0.25) is 4.79 Å². The molecule has 3 amide bonds. The largest absolute Gasteiger partial charge is 0.337 e. The van der Waals surface area contributed by atoms with E-state index in [1.54, 1.807) is 4.90 Å². The predicted molar refractivity (Wildman–Crippen MR) is 108 cm³/mol. The van der Waals surface area contributed by atoms with Crippen LogP contribution in [-0.2, 0) is 17.8 Å². The Balaban J connectivity index is 1.70. The first kappa shape index (κ1) is 20.5. The fourth-order valence-corrected chi connectivity index (χ4v) is 2.82. The molecule has 2 rings (SSSR count). The van der Waals surface area contributed by atoms with Gasteiger partial charge in [0.15, 0.2) is 0 Å². The van der Waals surface area contributed by atoms with E-state index >= 15 is 0 Å². The van der Waals surface area contributed by atoms with Gasteiger partial charge in [-0.05, 0) is 37.8 Å². The van der Waals surface area contributed by atoms with Crippen molar-refractivity contribution < 1.29 is 9.59 Å². The highest BCUT2D eigenvalue weighted by Crippen LogP contribution is 2.05. The van der Waals surface area contributed by atoms with E-state index in [0.29, 0.717) is 13.1 Å². The van der Waals surface area contributed by atoms with Crippen LogP contribution in [0.1, 0.15) is 31.4 Å². The molecule has 0 aliphatic carbocycles. The topological polar surface area (TPSA) is 61.4 Å². The molecule has 27 heavy (non-hydrogen) atoms. The number of hydrogen-bond acceptors (Lipinski definition) is 2. The van der Waals surface area contributed by atoms with Crippen molar-refractivity contribution in [3.05, 3.63) is 71.8 Å². The zero-order valence-electron chi connectivity index (χ0n) is 16.2. The molecule has 0 heterocycles. The van der Waals surface area contributed by atoms with Crippen molar-refractivity contribution in [2.24, 2.45) is 0 Å². The Morgan fingerprint density at radius 1 is 0.963 bits per heavy atom. The van der Waals surface area contributed by atoms with Crippen LogP contribution in [0.25, 0.3) is 0 Å². The molecule has 0 aliphatic heterocycles. The van der Waals surface area contributed by atoms with E-state index in [-0.39, 0.29) is 24.5 Å². The second kappa shape index (κ2) is 11.0. The Kier molecular flexibility index (Phi) is 8.36. The van der Waals surface area contributed by atoms with Crippen molar-refractivity contribution in [1.82, 2.24) is 15.5 Å². The van der Waals surface area contributed by atoms with Crippen molar-refractivity contribution in [3.63, 3.8) is 0 Å². The molecule has 0 aliphatic rings. The number of hydrogen-bond donors (Lipinski definition) is 2. The SMILES string of the molecule is CCN(Cc1ccccc1)C(=O)CNC(=O)NC(C)CCc1ccccc1. The van der Waals surface area contributed by atoms with Gasteiger partial charge in [-0.1, -0.05) is 60.7 Å². The van der Waals surface area contributed by atoms with Crippen LogP contribution in [0.15, 0.2) is 60.7 Å². The molecule has 0 bridgehead atoms. The molecule has 0 saturated heterocycles. The Morgan fingerprint density at radius 2 is 1.56 bits per heavy atom. The minimum absolute atomic E-state index is 0.00207. The maximum atomic E-state index is 12.4. The molecule has 0 aromatic heterocycles. The van der Waals surface area contributed by atoms with Gasteiger partial charge in [-0.25, -0.2) is 4.79 Å². The molecular weight excluding hydrogens is 338 g/mol. The minimum atomic E-state index is -0.306. The van der Waals surface area contributed by atoms with Crippen molar-refractivity contribution in [2.45, 2.75) is 39.3 Å². The summed E-state index contributed by atoms with van der Waals surface area (Å²) in [5, 5.41) is 5.56. The highest BCUT2D eigenvalue weighted by Gasteiger charge is 2.14. The average molecular weight is 367 g/mol. The Morgan fingerprint density at radius 3 is 2.15 bits per heavy atom. The van der Waals surface area contributed by atoms with Crippen molar-refractivity contribution in [1.29, 1.82) is 0 Å². The fourth-order valence-electron chi connectivity index (χ4n) is 2.82. The van der Waals surface area contributed by atoms with Crippen LogP contribution in [0.3, 0.4) is 0 Å². The third-order valence-electron chi connectivity index (χ3n) is 4.44. The van der Waals surface area contributed by atoms with Crippen LogP contribution in [-0.4, -0.2) is 36.0 Å². The number of carbonyl (C=O) groups is 2. The van der Waals surface area contributed by atoms with Crippen LogP contribution >= 0.6 is 0 Å². The molecule has 0 radical (unpaired) electrons. The van der Waals surface area contributed by atoms with Gasteiger partial charge in [0.25, 0.3) is 0 Å². The molecule has 0 spiro atoms. The van der Waals surface area contributed by atoms with Crippen molar-refractivity contribution in [2.75, 3.05) is 13.1 Å². The second-order valence-electron chi connectivity index (χ2n) is 6.65. The number of benzene rings is 2. The first-order chi connectivity index (χ1) is 13.1. The van der Waals surface area contributed by atoms with Crippen LogP contribution < -0.4 is 10.6 Å². The summed E-state index contributed by atoms with van der Waals surface area (Å²) in [5.74, 6) is -0.0894. The van der Waals surface area contributed by atoms with E-state index in [1.165, 1.54) is 5.56 Å². The first-order valence-corrected chi connectivity index (χ1v) is 9.48. The average Bonchev–Trinajstić information content (AvgIpc) is 2.70. The summed E-state index contributed by atoms with van der Waals surface area (Å²) in [4.78, 5) is 26.1. The summed E-state index contributed by atoms with van der Waals surface area (Å²) >= 11 is 0. The predicted octanol–water partition coefficient (Wildman–Crippen LogP) is 3.36. The lowest BCUT2D eigenvalue weighted by Gasteiger charge is -2.22. The maximum absolute atomic E-state index is 12.4. The van der Waals surface area contributed by atoms with Crippen LogP contribution in [0.5, 0.6) is 0 Å². The van der Waals surface area contributed by atoms with Gasteiger partial charge in [0.05, 0.1) is 6.54 Å². The maximum Gasteiger partial charge on any atom is 0.315 e. The summed E-state index contributed by atoms with van der Waals surface area (Å²) in [6.07, 6.45) is 1.75.